The van der Waals surface area contributed by atoms with Gasteiger partial charge in [-0.15, -0.1) is 0 Å². The van der Waals surface area contributed by atoms with E-state index < -0.39 is 0 Å². The van der Waals surface area contributed by atoms with Gasteiger partial charge in [0.2, 0.25) is 0 Å². The zero-order valence-electron chi connectivity index (χ0n) is 16.5. The molecule has 0 saturated heterocycles. The molecule has 3 rings (SSSR count). The van der Waals surface area contributed by atoms with Crippen molar-refractivity contribution in [2.45, 2.75) is 27.7 Å². The minimum atomic E-state index is -0.303. The van der Waals surface area contributed by atoms with Crippen LogP contribution in [0.3, 0.4) is 0 Å². The highest BCUT2D eigenvalue weighted by atomic mass is 16.2. The third kappa shape index (κ3) is 4.09. The van der Waals surface area contributed by atoms with Gasteiger partial charge in [-0.05, 0) is 68.1 Å². The van der Waals surface area contributed by atoms with Gasteiger partial charge in [0.1, 0.15) is 0 Å². The molecule has 1 heterocycles. The Balaban J connectivity index is 1.79. The molecular weight excluding hydrogens is 350 g/mol. The van der Waals surface area contributed by atoms with Crippen LogP contribution in [-0.2, 0) is 0 Å². The predicted molar refractivity (Wildman–Crippen MR) is 112 cm³/mol. The van der Waals surface area contributed by atoms with E-state index in [1.54, 1.807) is 6.07 Å². The number of carbonyl (C=O) groups excluding carboxylic acids is 2. The van der Waals surface area contributed by atoms with Crippen LogP contribution in [0.4, 0.5) is 11.4 Å². The van der Waals surface area contributed by atoms with Crippen LogP contribution in [0.25, 0.3) is 0 Å². The van der Waals surface area contributed by atoms with Crippen molar-refractivity contribution < 1.29 is 9.59 Å². The van der Waals surface area contributed by atoms with Crippen molar-refractivity contribution in [1.29, 1.82) is 0 Å². The molecule has 0 aliphatic carbocycles. The van der Waals surface area contributed by atoms with Gasteiger partial charge in [0.25, 0.3) is 11.8 Å². The molecule has 28 heavy (non-hydrogen) atoms. The van der Waals surface area contributed by atoms with Crippen molar-refractivity contribution in [2.75, 3.05) is 10.6 Å². The minimum Gasteiger partial charge on any atom is -0.322 e. The van der Waals surface area contributed by atoms with Crippen LogP contribution in [-0.4, -0.2) is 16.8 Å². The van der Waals surface area contributed by atoms with Crippen LogP contribution < -0.4 is 10.6 Å². The monoisotopic (exact) mass is 373 g/mol. The summed E-state index contributed by atoms with van der Waals surface area (Å²) in [5.74, 6) is -0.606. The molecule has 0 radical (unpaired) electrons. The fourth-order valence-corrected chi connectivity index (χ4v) is 2.85. The Morgan fingerprint density at radius 2 is 1.14 bits per heavy atom. The second-order valence-corrected chi connectivity index (χ2v) is 6.87. The number of aromatic nitrogens is 1. The number of benzene rings is 2. The van der Waals surface area contributed by atoms with E-state index in [0.29, 0.717) is 11.1 Å². The second-order valence-electron chi connectivity index (χ2n) is 6.87. The average molecular weight is 373 g/mol. The van der Waals surface area contributed by atoms with Crippen LogP contribution in [0.2, 0.25) is 0 Å². The predicted octanol–water partition coefficient (Wildman–Crippen LogP) is 4.82. The Kier molecular flexibility index (Phi) is 5.54. The summed E-state index contributed by atoms with van der Waals surface area (Å²) in [6, 6.07) is 13.0. The normalized spacial score (nSPS) is 10.4. The molecule has 5 heteroatoms. The van der Waals surface area contributed by atoms with E-state index >= 15 is 0 Å². The summed E-state index contributed by atoms with van der Waals surface area (Å²) in [6.45, 7) is 7.89. The molecule has 2 N–H and O–H groups in total. The first-order chi connectivity index (χ1) is 13.4. The number of nitrogens with zero attached hydrogens (tertiary/aromatic N) is 1. The van der Waals surface area contributed by atoms with E-state index in [-0.39, 0.29) is 11.8 Å². The Labute approximate surface area is 164 Å². The maximum Gasteiger partial charge on any atom is 0.257 e. The summed E-state index contributed by atoms with van der Waals surface area (Å²) >= 11 is 0. The van der Waals surface area contributed by atoms with Gasteiger partial charge in [-0.25, -0.2) is 0 Å². The van der Waals surface area contributed by atoms with Crippen LogP contribution in [0.15, 0.2) is 54.9 Å². The fourth-order valence-electron chi connectivity index (χ4n) is 2.85. The molecule has 3 aromatic rings. The fraction of sp³-hybridized carbons (Fsp3) is 0.174. The van der Waals surface area contributed by atoms with Gasteiger partial charge in [-0.2, -0.15) is 0 Å². The third-order valence-corrected chi connectivity index (χ3v) is 4.97. The van der Waals surface area contributed by atoms with E-state index in [0.717, 1.165) is 33.6 Å². The summed E-state index contributed by atoms with van der Waals surface area (Å²) in [5, 5.41) is 5.78. The highest BCUT2D eigenvalue weighted by Gasteiger charge is 2.14. The van der Waals surface area contributed by atoms with E-state index in [9.17, 15) is 9.59 Å². The lowest BCUT2D eigenvalue weighted by Gasteiger charge is -2.12. The van der Waals surface area contributed by atoms with Gasteiger partial charge in [0.05, 0.1) is 11.1 Å². The molecule has 0 spiro atoms. The summed E-state index contributed by atoms with van der Waals surface area (Å²) in [6.07, 6.45) is 2.91. The number of hydrogen-bond donors (Lipinski definition) is 2. The minimum absolute atomic E-state index is 0.303. The number of rotatable bonds is 4. The molecule has 0 atom stereocenters. The van der Waals surface area contributed by atoms with Crippen LogP contribution in [0.5, 0.6) is 0 Å². The van der Waals surface area contributed by atoms with Gasteiger partial charge < -0.3 is 10.6 Å². The van der Waals surface area contributed by atoms with Crippen molar-refractivity contribution in [1.82, 2.24) is 4.98 Å². The average Bonchev–Trinajstić information content (AvgIpc) is 2.69. The summed E-state index contributed by atoms with van der Waals surface area (Å²) in [7, 11) is 0. The van der Waals surface area contributed by atoms with Crippen molar-refractivity contribution >= 4 is 23.2 Å². The zero-order valence-corrected chi connectivity index (χ0v) is 16.5. The number of pyridine rings is 1. The molecule has 0 aliphatic heterocycles. The number of anilines is 2. The number of hydrogen-bond acceptors (Lipinski definition) is 3. The van der Waals surface area contributed by atoms with Gasteiger partial charge in [-0.3, -0.25) is 14.6 Å². The Hall–Kier alpha value is -3.47. The van der Waals surface area contributed by atoms with Crippen molar-refractivity contribution in [3.63, 3.8) is 0 Å². The van der Waals surface area contributed by atoms with Gasteiger partial charge in [0, 0.05) is 23.8 Å². The molecule has 1 aromatic heterocycles. The first kappa shape index (κ1) is 19.3. The Bertz CT molecular complexity index is 977. The quantitative estimate of drug-likeness (QED) is 0.689. The molecule has 0 saturated carbocycles. The zero-order chi connectivity index (χ0) is 20.3. The molecule has 2 amide bonds. The van der Waals surface area contributed by atoms with Crippen molar-refractivity contribution in [3.05, 3.63) is 88.2 Å². The molecular formula is C23H23N3O2. The number of nitrogens with one attached hydrogen (secondary N) is 2. The van der Waals surface area contributed by atoms with Crippen LogP contribution in [0, 0.1) is 27.7 Å². The Morgan fingerprint density at radius 1 is 0.714 bits per heavy atom. The maximum absolute atomic E-state index is 12.6. The maximum atomic E-state index is 12.6. The molecule has 142 valence electrons. The van der Waals surface area contributed by atoms with Gasteiger partial charge in [0.15, 0.2) is 0 Å². The third-order valence-electron chi connectivity index (χ3n) is 4.97. The SMILES string of the molecule is Cc1cccc(NC(=O)c2cncc(C(=O)Nc3cccc(C)c3C)c2)c1C. The smallest absolute Gasteiger partial charge is 0.257 e. The van der Waals surface area contributed by atoms with E-state index in [1.807, 2.05) is 64.1 Å². The molecule has 2 aromatic carbocycles. The highest BCUT2D eigenvalue weighted by molar-refractivity contribution is 6.08. The summed E-state index contributed by atoms with van der Waals surface area (Å²) in [4.78, 5) is 29.3. The van der Waals surface area contributed by atoms with Crippen molar-refractivity contribution in [3.8, 4) is 0 Å². The van der Waals surface area contributed by atoms with Gasteiger partial charge >= 0.3 is 0 Å². The Morgan fingerprint density at radius 3 is 1.57 bits per heavy atom. The van der Waals surface area contributed by atoms with Crippen LogP contribution >= 0.6 is 0 Å². The number of aryl methyl sites for hydroxylation is 2. The summed E-state index contributed by atoms with van der Waals surface area (Å²) in [5.41, 5.74) is 6.35. The highest BCUT2D eigenvalue weighted by Crippen LogP contribution is 2.20. The number of carbonyl (C=O) groups is 2. The van der Waals surface area contributed by atoms with E-state index in [2.05, 4.69) is 15.6 Å². The first-order valence-corrected chi connectivity index (χ1v) is 9.07. The second kappa shape index (κ2) is 8.05. The largest absolute Gasteiger partial charge is 0.322 e. The van der Waals surface area contributed by atoms with E-state index in [4.69, 9.17) is 0 Å². The van der Waals surface area contributed by atoms with Crippen LogP contribution in [0.1, 0.15) is 43.0 Å². The lowest BCUT2D eigenvalue weighted by molar-refractivity contribution is 0.102. The molecule has 5 nitrogen and oxygen atoms in total. The molecule has 0 unspecified atom stereocenters. The first-order valence-electron chi connectivity index (χ1n) is 9.07. The molecule has 0 bridgehead atoms. The molecule has 0 fully saturated rings. The van der Waals surface area contributed by atoms with Crippen molar-refractivity contribution in [2.24, 2.45) is 0 Å². The molecule has 0 aliphatic rings. The van der Waals surface area contributed by atoms with Gasteiger partial charge in [-0.1, -0.05) is 24.3 Å². The number of amides is 2. The standard InChI is InChI=1S/C23H23N3O2/c1-14-7-5-9-20(16(14)3)25-22(27)18-11-19(13-24-12-18)23(28)26-21-10-6-8-15(2)17(21)4/h5-13H,1-4H3,(H,25,27)(H,26,28). The lowest BCUT2D eigenvalue weighted by Crippen LogP contribution is -2.17. The topological polar surface area (TPSA) is 71.1 Å². The summed E-state index contributed by atoms with van der Waals surface area (Å²) < 4.78 is 0. The van der Waals surface area contributed by atoms with E-state index in [1.165, 1.54) is 12.4 Å². The lowest BCUT2D eigenvalue weighted by atomic mass is 10.1.